The maximum absolute atomic E-state index is 12.7. The highest BCUT2D eigenvalue weighted by molar-refractivity contribution is 5.95. The van der Waals surface area contributed by atoms with E-state index < -0.39 is 6.04 Å². The van der Waals surface area contributed by atoms with Gasteiger partial charge in [0.15, 0.2) is 5.76 Å². The molecule has 0 N–H and O–H groups in total. The summed E-state index contributed by atoms with van der Waals surface area (Å²) >= 11 is 0. The summed E-state index contributed by atoms with van der Waals surface area (Å²) < 4.78 is 6.87. The quantitative estimate of drug-likeness (QED) is 0.852. The van der Waals surface area contributed by atoms with Crippen molar-refractivity contribution in [3.63, 3.8) is 0 Å². The first-order valence-electron chi connectivity index (χ1n) is 7.63. The summed E-state index contributed by atoms with van der Waals surface area (Å²) in [6, 6.07) is 2.88. The number of carbonyl (C=O) groups excluding carboxylic acids is 2. The third-order valence-corrected chi connectivity index (χ3v) is 4.09. The molecule has 0 bridgehead atoms. The minimum absolute atomic E-state index is 0.0498. The first kappa shape index (κ1) is 15.3. The minimum Gasteiger partial charge on any atom is -0.459 e. The van der Waals surface area contributed by atoms with Gasteiger partial charge in [0.25, 0.3) is 5.91 Å². The predicted octanol–water partition coefficient (Wildman–Crippen LogP) is 1.28. The van der Waals surface area contributed by atoms with Gasteiger partial charge in [0.2, 0.25) is 5.91 Å². The second-order valence-corrected chi connectivity index (χ2v) is 5.85. The van der Waals surface area contributed by atoms with Crippen molar-refractivity contribution < 1.29 is 14.0 Å². The Morgan fingerprint density at radius 2 is 2.30 bits per heavy atom. The highest BCUT2D eigenvalue weighted by Crippen LogP contribution is 2.22. The lowest BCUT2D eigenvalue weighted by atomic mass is 10.2. The van der Waals surface area contributed by atoms with E-state index >= 15 is 0 Å². The molecule has 3 rings (SSSR count). The van der Waals surface area contributed by atoms with Gasteiger partial charge in [-0.25, -0.2) is 0 Å². The minimum atomic E-state index is -0.422. The SMILES string of the molecule is CN(Cc1cnn(C)c1)C(=O)[C@H]1CCCN1C(=O)c1ccco1. The number of likely N-dealkylation sites (tertiary alicyclic amines) is 1. The van der Waals surface area contributed by atoms with E-state index in [1.807, 2.05) is 13.2 Å². The van der Waals surface area contributed by atoms with E-state index in [-0.39, 0.29) is 17.6 Å². The Labute approximate surface area is 134 Å². The number of aryl methyl sites for hydroxylation is 1. The fourth-order valence-corrected chi connectivity index (χ4v) is 2.97. The molecule has 0 spiro atoms. The van der Waals surface area contributed by atoms with Crippen LogP contribution in [0.1, 0.15) is 29.0 Å². The molecule has 0 radical (unpaired) electrons. The molecule has 7 heteroatoms. The number of amides is 2. The summed E-state index contributed by atoms with van der Waals surface area (Å²) in [7, 11) is 3.59. The highest BCUT2D eigenvalue weighted by Gasteiger charge is 2.36. The molecule has 1 fully saturated rings. The average Bonchev–Trinajstić information content (AvgIpc) is 3.27. The summed E-state index contributed by atoms with van der Waals surface area (Å²) in [5.41, 5.74) is 0.963. The van der Waals surface area contributed by atoms with Crippen molar-refractivity contribution in [3.8, 4) is 0 Å². The van der Waals surface area contributed by atoms with Crippen molar-refractivity contribution in [1.82, 2.24) is 19.6 Å². The van der Waals surface area contributed by atoms with Crippen molar-refractivity contribution in [3.05, 3.63) is 42.1 Å². The summed E-state index contributed by atoms with van der Waals surface area (Å²) in [5.74, 6) is 0.00602. The Hall–Kier alpha value is -2.57. The number of rotatable bonds is 4. The fourth-order valence-electron chi connectivity index (χ4n) is 2.97. The van der Waals surface area contributed by atoms with Crippen LogP contribution >= 0.6 is 0 Å². The molecule has 7 nitrogen and oxygen atoms in total. The van der Waals surface area contributed by atoms with Crippen molar-refractivity contribution in [2.45, 2.75) is 25.4 Å². The topological polar surface area (TPSA) is 71.6 Å². The molecule has 0 saturated carbocycles. The van der Waals surface area contributed by atoms with E-state index in [0.29, 0.717) is 19.5 Å². The second-order valence-electron chi connectivity index (χ2n) is 5.85. The molecule has 0 unspecified atom stereocenters. The third-order valence-electron chi connectivity index (χ3n) is 4.09. The van der Waals surface area contributed by atoms with Gasteiger partial charge in [-0.1, -0.05) is 0 Å². The molecule has 2 aromatic rings. The molecule has 1 aliphatic rings. The molecule has 1 aliphatic heterocycles. The van der Waals surface area contributed by atoms with Gasteiger partial charge >= 0.3 is 0 Å². The van der Waals surface area contributed by atoms with Crippen LogP contribution in [0.15, 0.2) is 35.2 Å². The van der Waals surface area contributed by atoms with E-state index in [1.54, 1.807) is 39.9 Å². The van der Waals surface area contributed by atoms with Crippen molar-refractivity contribution >= 4 is 11.8 Å². The largest absolute Gasteiger partial charge is 0.459 e. The third kappa shape index (κ3) is 3.13. The number of furan rings is 1. The lowest BCUT2D eigenvalue weighted by molar-refractivity contribution is -0.134. The van der Waals surface area contributed by atoms with Gasteiger partial charge in [-0.15, -0.1) is 0 Å². The number of nitrogens with zero attached hydrogens (tertiary/aromatic N) is 4. The van der Waals surface area contributed by atoms with Crippen LogP contribution in [0, 0.1) is 0 Å². The van der Waals surface area contributed by atoms with E-state index in [4.69, 9.17) is 4.42 Å². The monoisotopic (exact) mass is 316 g/mol. The molecule has 2 aromatic heterocycles. The molecule has 0 aliphatic carbocycles. The second kappa shape index (κ2) is 6.28. The van der Waals surface area contributed by atoms with E-state index in [2.05, 4.69) is 5.10 Å². The molecule has 2 amide bonds. The first-order valence-corrected chi connectivity index (χ1v) is 7.63. The number of likely N-dealkylation sites (N-methyl/N-ethyl adjacent to an activating group) is 1. The summed E-state index contributed by atoms with van der Waals surface area (Å²) in [5, 5.41) is 4.11. The number of aromatic nitrogens is 2. The number of hydrogen-bond acceptors (Lipinski definition) is 4. The summed E-state index contributed by atoms with van der Waals surface area (Å²) in [6.07, 6.45) is 6.59. The fraction of sp³-hybridized carbons (Fsp3) is 0.438. The Kier molecular flexibility index (Phi) is 4.18. The Morgan fingerprint density at radius 3 is 2.96 bits per heavy atom. The van der Waals surface area contributed by atoms with Crippen LogP contribution in [0.5, 0.6) is 0 Å². The predicted molar refractivity (Wildman–Crippen MR) is 82.4 cm³/mol. The zero-order valence-electron chi connectivity index (χ0n) is 13.3. The van der Waals surface area contributed by atoms with E-state index in [9.17, 15) is 9.59 Å². The Morgan fingerprint density at radius 1 is 1.48 bits per heavy atom. The number of hydrogen-bond donors (Lipinski definition) is 0. The molecule has 1 atom stereocenters. The van der Waals surface area contributed by atoms with E-state index in [0.717, 1.165) is 12.0 Å². The first-order chi connectivity index (χ1) is 11.1. The molecular weight excluding hydrogens is 296 g/mol. The molecule has 3 heterocycles. The molecule has 122 valence electrons. The van der Waals surface area contributed by atoms with Crippen LogP contribution in [0.2, 0.25) is 0 Å². The summed E-state index contributed by atoms with van der Waals surface area (Å²) in [6.45, 7) is 1.06. The zero-order valence-corrected chi connectivity index (χ0v) is 13.3. The Bertz CT molecular complexity index is 692. The van der Waals surface area contributed by atoms with E-state index in [1.165, 1.54) is 6.26 Å². The lowest BCUT2D eigenvalue weighted by Gasteiger charge is -2.27. The molecule has 0 aromatic carbocycles. The molecule has 1 saturated heterocycles. The standard InChI is InChI=1S/C16H20N4O3/c1-18(10-12-9-17-19(2)11-12)15(21)13-5-3-7-20(13)16(22)14-6-4-8-23-14/h4,6,8-9,11,13H,3,5,7,10H2,1-2H3/t13-/m1/s1. The van der Waals surface area contributed by atoms with Crippen molar-refractivity contribution in [1.29, 1.82) is 0 Å². The molecular formula is C16H20N4O3. The smallest absolute Gasteiger partial charge is 0.290 e. The van der Waals surface area contributed by atoms with Crippen LogP contribution in [-0.4, -0.2) is 51.0 Å². The van der Waals surface area contributed by atoms with Gasteiger partial charge in [0.1, 0.15) is 6.04 Å². The normalized spacial score (nSPS) is 17.5. The maximum atomic E-state index is 12.7. The maximum Gasteiger partial charge on any atom is 0.290 e. The Balaban J connectivity index is 1.69. The van der Waals surface area contributed by atoms with Crippen LogP contribution in [0.4, 0.5) is 0 Å². The van der Waals surface area contributed by atoms with Crippen LogP contribution in [0.25, 0.3) is 0 Å². The van der Waals surface area contributed by atoms with Gasteiger partial charge in [0, 0.05) is 38.9 Å². The number of carbonyl (C=O) groups is 2. The van der Waals surface area contributed by atoms with Crippen molar-refractivity contribution in [2.75, 3.05) is 13.6 Å². The zero-order chi connectivity index (χ0) is 16.4. The van der Waals surface area contributed by atoms with Crippen LogP contribution in [0.3, 0.4) is 0 Å². The average molecular weight is 316 g/mol. The van der Waals surface area contributed by atoms with Gasteiger partial charge in [-0.2, -0.15) is 5.10 Å². The van der Waals surface area contributed by atoms with Gasteiger partial charge in [-0.05, 0) is 25.0 Å². The molecule has 23 heavy (non-hydrogen) atoms. The van der Waals surface area contributed by atoms with Crippen LogP contribution in [-0.2, 0) is 18.4 Å². The van der Waals surface area contributed by atoms with Crippen LogP contribution < -0.4 is 0 Å². The van der Waals surface area contributed by atoms with Gasteiger partial charge in [-0.3, -0.25) is 14.3 Å². The summed E-state index contributed by atoms with van der Waals surface area (Å²) in [4.78, 5) is 28.4. The van der Waals surface area contributed by atoms with Crippen molar-refractivity contribution in [2.24, 2.45) is 7.05 Å². The lowest BCUT2D eigenvalue weighted by Crippen LogP contribution is -2.46. The highest BCUT2D eigenvalue weighted by atomic mass is 16.3. The van der Waals surface area contributed by atoms with Gasteiger partial charge in [0.05, 0.1) is 12.5 Å². The van der Waals surface area contributed by atoms with Gasteiger partial charge < -0.3 is 14.2 Å².